The highest BCUT2D eigenvalue weighted by molar-refractivity contribution is 7.13. The van der Waals surface area contributed by atoms with E-state index in [9.17, 15) is 0 Å². The largest absolute Gasteiger partial charge is 0.382 e. The van der Waals surface area contributed by atoms with Gasteiger partial charge in [-0.3, -0.25) is 0 Å². The van der Waals surface area contributed by atoms with Crippen LogP contribution in [0.3, 0.4) is 0 Å². The van der Waals surface area contributed by atoms with Crippen molar-refractivity contribution in [3.63, 3.8) is 0 Å². The Kier molecular flexibility index (Phi) is 5.11. The summed E-state index contributed by atoms with van der Waals surface area (Å²) in [5.74, 6) is 0. The molecule has 4 nitrogen and oxygen atoms in total. The molecule has 0 unspecified atom stereocenters. The first-order chi connectivity index (χ1) is 12.8. The summed E-state index contributed by atoms with van der Waals surface area (Å²) < 4.78 is 12.7. The fraction of sp³-hybridized carbons (Fsp3) is 0.190. The molecular formula is C21H20N2O2S. The molecule has 0 atom stereocenters. The molecule has 3 heterocycles. The molecule has 26 heavy (non-hydrogen) atoms. The number of hydrogen-bond donors (Lipinski definition) is 0. The van der Waals surface area contributed by atoms with E-state index < -0.39 is 0 Å². The molecule has 1 aromatic carbocycles. The molecule has 0 saturated heterocycles. The van der Waals surface area contributed by atoms with Gasteiger partial charge in [-0.05, 0) is 46.3 Å². The number of ether oxygens (including phenoxy) is 2. The van der Waals surface area contributed by atoms with Crippen molar-refractivity contribution in [2.24, 2.45) is 0 Å². The summed E-state index contributed by atoms with van der Waals surface area (Å²) in [5, 5.41) is 2.07. The highest BCUT2D eigenvalue weighted by Crippen LogP contribution is 2.26. The summed E-state index contributed by atoms with van der Waals surface area (Å²) >= 11 is 1.71. The highest BCUT2D eigenvalue weighted by Gasteiger charge is 2.07. The first kappa shape index (κ1) is 17.0. The van der Waals surface area contributed by atoms with Crippen LogP contribution in [0.2, 0.25) is 0 Å². The molecule has 0 saturated carbocycles. The molecule has 0 aliphatic heterocycles. The first-order valence-electron chi connectivity index (χ1n) is 8.52. The van der Waals surface area contributed by atoms with Gasteiger partial charge >= 0.3 is 0 Å². The minimum Gasteiger partial charge on any atom is -0.382 e. The Morgan fingerprint density at radius 2 is 1.96 bits per heavy atom. The third-order valence-corrected chi connectivity index (χ3v) is 5.08. The lowest BCUT2D eigenvalue weighted by molar-refractivity contribution is 0.0617. The van der Waals surface area contributed by atoms with Gasteiger partial charge in [0.15, 0.2) is 0 Å². The number of methoxy groups -OCH3 is 1. The monoisotopic (exact) mass is 364 g/mol. The van der Waals surface area contributed by atoms with Crippen LogP contribution in [0.1, 0.15) is 5.56 Å². The Bertz CT molecular complexity index is 992. The van der Waals surface area contributed by atoms with Crippen LogP contribution >= 0.6 is 11.3 Å². The number of pyridine rings is 1. The quantitative estimate of drug-likeness (QED) is 0.438. The molecule has 0 aliphatic rings. The minimum atomic E-state index is 0.590. The molecule has 4 rings (SSSR count). The summed E-state index contributed by atoms with van der Waals surface area (Å²) in [5.41, 5.74) is 5.45. The van der Waals surface area contributed by atoms with Crippen LogP contribution in [0, 0.1) is 0 Å². The fourth-order valence-corrected chi connectivity index (χ4v) is 3.56. The number of imidazole rings is 1. The van der Waals surface area contributed by atoms with E-state index in [4.69, 9.17) is 14.5 Å². The van der Waals surface area contributed by atoms with Crippen LogP contribution < -0.4 is 0 Å². The third-order valence-electron chi connectivity index (χ3n) is 4.19. The second-order valence-electron chi connectivity index (χ2n) is 6.03. The molecule has 4 aromatic rings. The standard InChI is InChI=1S/C21H20N2O2S/c1-24-9-10-25-15-16-4-2-5-17(12-16)18-7-8-21-22-19(14-23(21)13-18)20-6-3-11-26-20/h2-8,11-14H,9-10,15H2,1H3. The summed E-state index contributed by atoms with van der Waals surface area (Å²) in [7, 11) is 1.68. The fourth-order valence-electron chi connectivity index (χ4n) is 2.88. The van der Waals surface area contributed by atoms with E-state index in [-0.39, 0.29) is 0 Å². The first-order valence-corrected chi connectivity index (χ1v) is 9.40. The molecule has 5 heteroatoms. The van der Waals surface area contributed by atoms with Crippen molar-refractivity contribution in [1.82, 2.24) is 9.38 Å². The van der Waals surface area contributed by atoms with E-state index in [2.05, 4.69) is 70.7 Å². The predicted octanol–water partition coefficient (Wildman–Crippen LogP) is 4.89. The Hall–Kier alpha value is -2.47. The Balaban J connectivity index is 1.58. The van der Waals surface area contributed by atoms with Gasteiger partial charge in [0.1, 0.15) is 5.65 Å². The average molecular weight is 364 g/mol. The summed E-state index contributed by atoms with van der Waals surface area (Å²) in [4.78, 5) is 5.89. The molecule has 0 aliphatic carbocycles. The number of fused-ring (bicyclic) bond motifs is 1. The Morgan fingerprint density at radius 3 is 2.81 bits per heavy atom. The van der Waals surface area contributed by atoms with Gasteiger partial charge in [-0.2, -0.15) is 0 Å². The Morgan fingerprint density at radius 1 is 1.00 bits per heavy atom. The maximum Gasteiger partial charge on any atom is 0.137 e. The Labute approximate surface area is 156 Å². The zero-order valence-electron chi connectivity index (χ0n) is 14.6. The molecule has 0 fully saturated rings. The third kappa shape index (κ3) is 3.70. The molecule has 0 amide bonds. The second kappa shape index (κ2) is 7.83. The molecular weight excluding hydrogens is 344 g/mol. The SMILES string of the molecule is COCCOCc1cccc(-c2ccc3nc(-c4cccs4)cn3c2)c1. The van der Waals surface area contributed by atoms with Gasteiger partial charge in [0, 0.05) is 19.5 Å². The van der Waals surface area contributed by atoms with Gasteiger partial charge < -0.3 is 13.9 Å². The second-order valence-corrected chi connectivity index (χ2v) is 6.98. The van der Waals surface area contributed by atoms with Crippen molar-refractivity contribution in [2.45, 2.75) is 6.61 Å². The maximum atomic E-state index is 5.63. The highest BCUT2D eigenvalue weighted by atomic mass is 32.1. The summed E-state index contributed by atoms with van der Waals surface area (Å²) in [6.45, 7) is 1.81. The van der Waals surface area contributed by atoms with Crippen molar-refractivity contribution in [3.05, 3.63) is 71.9 Å². The zero-order chi connectivity index (χ0) is 17.8. The number of aromatic nitrogens is 2. The number of thiophene rings is 1. The molecule has 0 radical (unpaired) electrons. The van der Waals surface area contributed by atoms with Crippen molar-refractivity contribution in [2.75, 3.05) is 20.3 Å². The lowest BCUT2D eigenvalue weighted by atomic mass is 10.1. The van der Waals surface area contributed by atoms with E-state index in [1.54, 1.807) is 18.4 Å². The predicted molar refractivity (Wildman–Crippen MR) is 105 cm³/mol. The number of hydrogen-bond acceptors (Lipinski definition) is 4. The van der Waals surface area contributed by atoms with Crippen molar-refractivity contribution < 1.29 is 9.47 Å². The van der Waals surface area contributed by atoms with Crippen LogP contribution in [0.5, 0.6) is 0 Å². The number of rotatable bonds is 7. The van der Waals surface area contributed by atoms with E-state index in [1.807, 2.05) is 0 Å². The molecule has 0 spiro atoms. The minimum absolute atomic E-state index is 0.590. The van der Waals surface area contributed by atoms with Crippen LogP contribution in [0.25, 0.3) is 27.3 Å². The van der Waals surface area contributed by atoms with Crippen molar-refractivity contribution >= 4 is 17.0 Å². The number of nitrogens with zero attached hydrogens (tertiary/aromatic N) is 2. The van der Waals surface area contributed by atoms with Gasteiger partial charge in [-0.15, -0.1) is 11.3 Å². The van der Waals surface area contributed by atoms with Gasteiger partial charge in [-0.25, -0.2) is 4.98 Å². The topological polar surface area (TPSA) is 35.8 Å². The normalized spacial score (nSPS) is 11.3. The summed E-state index contributed by atoms with van der Waals surface area (Å²) in [6, 6.07) is 16.8. The summed E-state index contributed by atoms with van der Waals surface area (Å²) in [6.07, 6.45) is 4.21. The molecule has 132 valence electrons. The van der Waals surface area contributed by atoms with E-state index in [0.29, 0.717) is 19.8 Å². The smallest absolute Gasteiger partial charge is 0.137 e. The van der Waals surface area contributed by atoms with Crippen molar-refractivity contribution in [3.8, 4) is 21.7 Å². The zero-order valence-corrected chi connectivity index (χ0v) is 15.4. The van der Waals surface area contributed by atoms with Crippen LogP contribution in [0.4, 0.5) is 0 Å². The van der Waals surface area contributed by atoms with Crippen LogP contribution in [-0.2, 0) is 16.1 Å². The van der Waals surface area contributed by atoms with Gasteiger partial charge in [-0.1, -0.05) is 24.3 Å². The lowest BCUT2D eigenvalue weighted by Gasteiger charge is -2.07. The molecule has 3 aromatic heterocycles. The van der Waals surface area contributed by atoms with E-state index >= 15 is 0 Å². The van der Waals surface area contributed by atoms with E-state index in [0.717, 1.165) is 22.5 Å². The average Bonchev–Trinajstić information content (AvgIpc) is 3.34. The molecule has 0 bridgehead atoms. The van der Waals surface area contributed by atoms with Crippen molar-refractivity contribution in [1.29, 1.82) is 0 Å². The lowest BCUT2D eigenvalue weighted by Crippen LogP contribution is -2.01. The van der Waals surface area contributed by atoms with Crippen LogP contribution in [-0.4, -0.2) is 29.7 Å². The molecule has 0 N–H and O–H groups in total. The van der Waals surface area contributed by atoms with Gasteiger partial charge in [0.05, 0.1) is 30.4 Å². The van der Waals surface area contributed by atoms with Gasteiger partial charge in [0.25, 0.3) is 0 Å². The maximum absolute atomic E-state index is 5.63. The van der Waals surface area contributed by atoms with Gasteiger partial charge in [0.2, 0.25) is 0 Å². The number of benzene rings is 1. The van der Waals surface area contributed by atoms with Crippen LogP contribution in [0.15, 0.2) is 66.3 Å². The van der Waals surface area contributed by atoms with E-state index in [1.165, 1.54) is 10.4 Å².